The molecule has 0 aliphatic carbocycles. The van der Waals surface area contributed by atoms with Crippen LogP contribution in [0.15, 0.2) is 48.7 Å². The van der Waals surface area contributed by atoms with Crippen LogP contribution in [-0.4, -0.2) is 66.1 Å². The molecule has 0 saturated carbocycles. The number of carbonyl (C=O) groups is 1. The van der Waals surface area contributed by atoms with E-state index in [1.165, 1.54) is 48.3 Å². The number of rotatable bonds is 8. The Balaban J connectivity index is 1.24. The van der Waals surface area contributed by atoms with Gasteiger partial charge in [0.1, 0.15) is 5.00 Å². The van der Waals surface area contributed by atoms with E-state index in [1.807, 2.05) is 24.3 Å². The molecule has 1 aromatic carbocycles. The molecule has 5 nitrogen and oxygen atoms in total. The molecule has 1 amide bonds. The molecule has 4 rings (SSSR count). The fourth-order valence-corrected chi connectivity index (χ4v) is 4.92. The standard InChI is InChI=1S/C23H30N4OS/c1-2-12-25-15-17-26(18-16-25)13-5-11-24-23(28)21-8-9-22(29-21)27-14-10-19-6-3-4-7-20(19)27/h3-4,6-10,14H,2,5,11-13,15-18H2,1H3,(H,24,28). The first kappa shape index (κ1) is 20.1. The van der Waals surface area contributed by atoms with Gasteiger partial charge in [0.05, 0.1) is 10.4 Å². The molecule has 1 aliphatic heterocycles. The van der Waals surface area contributed by atoms with Gasteiger partial charge in [-0.05, 0) is 55.6 Å². The minimum atomic E-state index is 0.0328. The van der Waals surface area contributed by atoms with E-state index >= 15 is 0 Å². The van der Waals surface area contributed by atoms with Crippen molar-refractivity contribution in [2.75, 3.05) is 45.8 Å². The van der Waals surface area contributed by atoms with Crippen LogP contribution in [-0.2, 0) is 0 Å². The van der Waals surface area contributed by atoms with E-state index in [0.29, 0.717) is 0 Å². The van der Waals surface area contributed by atoms with Gasteiger partial charge in [0.15, 0.2) is 0 Å². The average Bonchev–Trinajstić information content (AvgIpc) is 3.39. The highest BCUT2D eigenvalue weighted by Gasteiger charge is 2.16. The van der Waals surface area contributed by atoms with Crippen molar-refractivity contribution >= 4 is 28.1 Å². The molecule has 0 atom stereocenters. The van der Waals surface area contributed by atoms with Gasteiger partial charge < -0.3 is 19.7 Å². The van der Waals surface area contributed by atoms with Crippen molar-refractivity contribution in [2.24, 2.45) is 0 Å². The van der Waals surface area contributed by atoms with Crippen LogP contribution in [0.4, 0.5) is 0 Å². The van der Waals surface area contributed by atoms with E-state index in [0.717, 1.165) is 42.5 Å². The summed E-state index contributed by atoms with van der Waals surface area (Å²) in [6.07, 6.45) is 4.30. The quantitative estimate of drug-likeness (QED) is 0.574. The van der Waals surface area contributed by atoms with Crippen molar-refractivity contribution in [2.45, 2.75) is 19.8 Å². The summed E-state index contributed by atoms with van der Waals surface area (Å²) in [5.41, 5.74) is 1.17. The van der Waals surface area contributed by atoms with Crippen molar-refractivity contribution in [3.05, 3.63) is 53.5 Å². The number of piperazine rings is 1. The van der Waals surface area contributed by atoms with E-state index in [-0.39, 0.29) is 5.91 Å². The maximum Gasteiger partial charge on any atom is 0.261 e. The van der Waals surface area contributed by atoms with E-state index in [9.17, 15) is 4.79 Å². The Bertz CT molecular complexity index is 939. The number of thiophene rings is 1. The summed E-state index contributed by atoms with van der Waals surface area (Å²) < 4.78 is 2.15. The fourth-order valence-electron chi connectivity index (χ4n) is 4.00. The highest BCUT2D eigenvalue weighted by Crippen LogP contribution is 2.26. The lowest BCUT2D eigenvalue weighted by atomic mass is 10.2. The van der Waals surface area contributed by atoms with Gasteiger partial charge in [-0.15, -0.1) is 11.3 Å². The number of nitrogens with zero attached hydrogens (tertiary/aromatic N) is 3. The molecular formula is C23H30N4OS. The number of para-hydroxylation sites is 1. The number of benzene rings is 1. The summed E-state index contributed by atoms with van der Waals surface area (Å²) in [5, 5.41) is 5.37. The number of fused-ring (bicyclic) bond motifs is 1. The summed E-state index contributed by atoms with van der Waals surface area (Å²) in [7, 11) is 0. The van der Waals surface area contributed by atoms with Crippen LogP contribution in [0.25, 0.3) is 15.9 Å². The summed E-state index contributed by atoms with van der Waals surface area (Å²) in [6.45, 7) is 9.88. The highest BCUT2D eigenvalue weighted by atomic mass is 32.1. The zero-order chi connectivity index (χ0) is 20.1. The number of hydrogen-bond donors (Lipinski definition) is 1. The number of carbonyl (C=O) groups excluding carboxylic acids is 1. The maximum absolute atomic E-state index is 12.5. The zero-order valence-corrected chi connectivity index (χ0v) is 18.0. The number of aromatic nitrogens is 1. The molecule has 0 bridgehead atoms. The smallest absolute Gasteiger partial charge is 0.261 e. The molecule has 154 valence electrons. The first-order valence-corrected chi connectivity index (χ1v) is 11.5. The molecule has 1 N–H and O–H groups in total. The third-order valence-corrected chi connectivity index (χ3v) is 6.68. The van der Waals surface area contributed by atoms with Crippen molar-refractivity contribution in [3.8, 4) is 5.00 Å². The molecule has 1 aliphatic rings. The second kappa shape index (κ2) is 9.57. The zero-order valence-electron chi connectivity index (χ0n) is 17.1. The topological polar surface area (TPSA) is 40.5 Å². The van der Waals surface area contributed by atoms with Gasteiger partial charge in [0.25, 0.3) is 5.91 Å². The Morgan fingerprint density at radius 2 is 1.76 bits per heavy atom. The van der Waals surface area contributed by atoms with Crippen LogP contribution in [0, 0.1) is 0 Å². The molecule has 3 aromatic rings. The Morgan fingerprint density at radius 3 is 2.55 bits per heavy atom. The first-order chi connectivity index (χ1) is 14.2. The van der Waals surface area contributed by atoms with E-state index < -0.39 is 0 Å². The summed E-state index contributed by atoms with van der Waals surface area (Å²) in [4.78, 5) is 18.4. The van der Waals surface area contributed by atoms with Crippen LogP contribution < -0.4 is 5.32 Å². The second-order valence-corrected chi connectivity index (χ2v) is 8.74. The molecule has 6 heteroatoms. The Morgan fingerprint density at radius 1 is 1.00 bits per heavy atom. The lowest BCUT2D eigenvalue weighted by Crippen LogP contribution is -2.47. The molecule has 0 radical (unpaired) electrons. The van der Waals surface area contributed by atoms with Crippen molar-refractivity contribution in [1.29, 1.82) is 0 Å². The van der Waals surface area contributed by atoms with Crippen LogP contribution in [0.3, 0.4) is 0 Å². The normalized spacial score (nSPS) is 15.8. The molecule has 3 heterocycles. The number of amides is 1. The van der Waals surface area contributed by atoms with Gasteiger partial charge in [0.2, 0.25) is 0 Å². The maximum atomic E-state index is 12.5. The van der Waals surface area contributed by atoms with Gasteiger partial charge in [-0.3, -0.25) is 4.79 Å². The summed E-state index contributed by atoms with van der Waals surface area (Å²) in [5.74, 6) is 0.0328. The van der Waals surface area contributed by atoms with Gasteiger partial charge in [-0.1, -0.05) is 25.1 Å². The molecule has 29 heavy (non-hydrogen) atoms. The van der Waals surface area contributed by atoms with E-state index in [1.54, 1.807) is 0 Å². The van der Waals surface area contributed by atoms with E-state index in [4.69, 9.17) is 0 Å². The molecule has 1 fully saturated rings. The average molecular weight is 411 g/mol. The van der Waals surface area contributed by atoms with Crippen LogP contribution >= 0.6 is 11.3 Å². The van der Waals surface area contributed by atoms with Gasteiger partial charge in [-0.25, -0.2) is 0 Å². The Labute approximate surface area is 176 Å². The summed E-state index contributed by atoms with van der Waals surface area (Å²) >= 11 is 1.54. The van der Waals surface area contributed by atoms with Crippen molar-refractivity contribution in [1.82, 2.24) is 19.7 Å². The van der Waals surface area contributed by atoms with Crippen molar-refractivity contribution in [3.63, 3.8) is 0 Å². The minimum Gasteiger partial charge on any atom is -0.351 e. The lowest BCUT2D eigenvalue weighted by molar-refractivity contribution is 0.0952. The van der Waals surface area contributed by atoms with Crippen molar-refractivity contribution < 1.29 is 4.79 Å². The predicted molar refractivity (Wildman–Crippen MR) is 121 cm³/mol. The van der Waals surface area contributed by atoms with Gasteiger partial charge in [-0.2, -0.15) is 0 Å². The summed E-state index contributed by atoms with van der Waals surface area (Å²) in [6, 6.07) is 14.4. The molecular weight excluding hydrogens is 380 g/mol. The first-order valence-electron chi connectivity index (χ1n) is 10.6. The lowest BCUT2D eigenvalue weighted by Gasteiger charge is -2.34. The van der Waals surface area contributed by atoms with E-state index in [2.05, 4.69) is 51.0 Å². The minimum absolute atomic E-state index is 0.0328. The number of nitrogens with one attached hydrogen (secondary N) is 1. The van der Waals surface area contributed by atoms with Crippen LogP contribution in [0.2, 0.25) is 0 Å². The predicted octanol–water partition coefficient (Wildman–Crippen LogP) is 3.84. The van der Waals surface area contributed by atoms with Gasteiger partial charge in [0, 0.05) is 38.9 Å². The Hall–Kier alpha value is -2.15. The fraction of sp³-hybridized carbons (Fsp3) is 0.435. The largest absolute Gasteiger partial charge is 0.351 e. The monoisotopic (exact) mass is 410 g/mol. The third-order valence-electron chi connectivity index (χ3n) is 5.59. The van der Waals surface area contributed by atoms with Crippen LogP contribution in [0.5, 0.6) is 0 Å². The van der Waals surface area contributed by atoms with Crippen LogP contribution in [0.1, 0.15) is 29.4 Å². The highest BCUT2D eigenvalue weighted by molar-refractivity contribution is 7.16. The molecule has 1 saturated heterocycles. The van der Waals surface area contributed by atoms with Gasteiger partial charge >= 0.3 is 0 Å². The second-order valence-electron chi connectivity index (χ2n) is 7.68. The SMILES string of the molecule is CCCN1CCN(CCCNC(=O)c2ccc(-n3ccc4ccccc43)s2)CC1. The molecule has 0 spiro atoms. The molecule has 2 aromatic heterocycles. The molecule has 0 unspecified atom stereocenters. The Kier molecular flexibility index (Phi) is 6.64. The number of hydrogen-bond acceptors (Lipinski definition) is 4. The third kappa shape index (κ3) is 4.89.